The lowest BCUT2D eigenvalue weighted by Crippen LogP contribution is -2.24. The minimum Gasteiger partial charge on any atom is -0.497 e. The first-order valence-electron chi connectivity index (χ1n) is 6.17. The van der Waals surface area contributed by atoms with E-state index in [1.54, 1.807) is 37.4 Å². The molecule has 0 saturated heterocycles. The van der Waals surface area contributed by atoms with Gasteiger partial charge in [-0.15, -0.1) is 0 Å². The number of nitrogens with zero attached hydrogens (tertiary/aromatic N) is 1. The summed E-state index contributed by atoms with van der Waals surface area (Å²) in [6, 6.07) is 13.7. The van der Waals surface area contributed by atoms with E-state index >= 15 is 0 Å². The molecular formula is C15H14ClN3O2. The van der Waals surface area contributed by atoms with E-state index in [9.17, 15) is 4.79 Å². The van der Waals surface area contributed by atoms with E-state index in [4.69, 9.17) is 16.3 Å². The number of rotatable bonds is 4. The smallest absolute Gasteiger partial charge is 0.339 e. The summed E-state index contributed by atoms with van der Waals surface area (Å²) in [5.74, 6) is 0.724. The molecule has 2 rings (SSSR count). The molecule has 2 N–H and O–H groups in total. The van der Waals surface area contributed by atoms with Crippen LogP contribution in [0.25, 0.3) is 0 Å². The zero-order valence-corrected chi connectivity index (χ0v) is 12.1. The Labute approximate surface area is 127 Å². The first-order chi connectivity index (χ1) is 10.2. The number of methoxy groups -OCH3 is 1. The average molecular weight is 304 g/mol. The van der Waals surface area contributed by atoms with Gasteiger partial charge in [0.25, 0.3) is 0 Å². The van der Waals surface area contributed by atoms with E-state index in [1.807, 2.05) is 18.2 Å². The Bertz CT molecular complexity index is 659. The van der Waals surface area contributed by atoms with Crippen LogP contribution in [0.2, 0.25) is 5.02 Å². The predicted octanol–water partition coefficient (Wildman–Crippen LogP) is 3.50. The molecule has 0 aliphatic rings. The fraction of sp³-hybridized carbons (Fsp3) is 0.0667. The number of carbonyl (C=O) groups excluding carboxylic acids is 1. The van der Waals surface area contributed by atoms with Crippen molar-refractivity contribution in [1.29, 1.82) is 0 Å². The minimum absolute atomic E-state index is 0.448. The Morgan fingerprint density at radius 1 is 1.24 bits per heavy atom. The number of halogens is 1. The number of ether oxygens (including phenoxy) is 1. The van der Waals surface area contributed by atoms with Crippen LogP contribution in [0.4, 0.5) is 10.5 Å². The fourth-order valence-electron chi connectivity index (χ4n) is 1.61. The highest BCUT2D eigenvalue weighted by Gasteiger charge is 2.00. The maximum Gasteiger partial charge on any atom is 0.339 e. The summed E-state index contributed by atoms with van der Waals surface area (Å²) in [6.07, 6.45) is 1.53. The van der Waals surface area contributed by atoms with Crippen molar-refractivity contribution in [3.63, 3.8) is 0 Å². The van der Waals surface area contributed by atoms with Crippen LogP contribution in [0.3, 0.4) is 0 Å². The zero-order valence-electron chi connectivity index (χ0n) is 11.3. The van der Waals surface area contributed by atoms with Gasteiger partial charge in [-0.1, -0.05) is 29.8 Å². The number of urea groups is 1. The van der Waals surface area contributed by atoms with Crippen LogP contribution in [0.5, 0.6) is 5.75 Å². The Kier molecular flexibility index (Phi) is 5.17. The largest absolute Gasteiger partial charge is 0.497 e. The van der Waals surface area contributed by atoms with Crippen molar-refractivity contribution in [2.45, 2.75) is 0 Å². The Morgan fingerprint density at radius 3 is 2.81 bits per heavy atom. The number of anilines is 1. The molecule has 6 heteroatoms. The van der Waals surface area contributed by atoms with Gasteiger partial charge in [0, 0.05) is 10.7 Å². The molecule has 0 fully saturated rings. The van der Waals surface area contributed by atoms with Crippen LogP contribution >= 0.6 is 11.6 Å². The first kappa shape index (κ1) is 14.9. The highest BCUT2D eigenvalue weighted by molar-refractivity contribution is 6.30. The van der Waals surface area contributed by atoms with Gasteiger partial charge in [0.2, 0.25) is 0 Å². The SMILES string of the molecule is COc1cccc(/C=N/NC(=O)Nc2cccc(Cl)c2)c1. The minimum atomic E-state index is -0.448. The van der Waals surface area contributed by atoms with Gasteiger partial charge in [0.05, 0.1) is 13.3 Å². The Hall–Kier alpha value is -2.53. The molecule has 0 aliphatic carbocycles. The van der Waals surface area contributed by atoms with E-state index in [-0.39, 0.29) is 0 Å². The van der Waals surface area contributed by atoms with Gasteiger partial charge < -0.3 is 10.1 Å². The molecule has 0 spiro atoms. The number of carbonyl (C=O) groups is 1. The predicted molar refractivity (Wildman–Crippen MR) is 84.2 cm³/mol. The van der Waals surface area contributed by atoms with Crippen molar-refractivity contribution in [3.8, 4) is 5.75 Å². The van der Waals surface area contributed by atoms with Crippen LogP contribution < -0.4 is 15.5 Å². The normalized spacial score (nSPS) is 10.4. The monoisotopic (exact) mass is 303 g/mol. The lowest BCUT2D eigenvalue weighted by Gasteiger charge is -2.04. The van der Waals surface area contributed by atoms with Crippen LogP contribution in [-0.2, 0) is 0 Å². The van der Waals surface area contributed by atoms with Gasteiger partial charge >= 0.3 is 6.03 Å². The molecule has 2 aromatic carbocycles. The second kappa shape index (κ2) is 7.31. The molecule has 2 aromatic rings. The molecule has 0 saturated carbocycles. The number of amides is 2. The molecule has 0 atom stereocenters. The number of hydrazone groups is 1. The lowest BCUT2D eigenvalue weighted by molar-refractivity contribution is 0.252. The molecule has 0 heterocycles. The van der Waals surface area contributed by atoms with Gasteiger partial charge in [0.1, 0.15) is 5.75 Å². The molecule has 21 heavy (non-hydrogen) atoms. The summed E-state index contributed by atoms with van der Waals surface area (Å²) in [7, 11) is 1.59. The topological polar surface area (TPSA) is 62.7 Å². The van der Waals surface area contributed by atoms with Crippen molar-refractivity contribution >= 4 is 29.5 Å². The summed E-state index contributed by atoms with van der Waals surface area (Å²) >= 11 is 5.83. The molecule has 0 bridgehead atoms. The maximum absolute atomic E-state index is 11.6. The van der Waals surface area contributed by atoms with Crippen molar-refractivity contribution < 1.29 is 9.53 Å². The van der Waals surface area contributed by atoms with Gasteiger partial charge in [-0.3, -0.25) is 0 Å². The molecule has 5 nitrogen and oxygen atoms in total. The quantitative estimate of drug-likeness (QED) is 0.670. The maximum atomic E-state index is 11.6. The summed E-state index contributed by atoms with van der Waals surface area (Å²) in [4.78, 5) is 11.6. The molecule has 0 aromatic heterocycles. The van der Waals surface area contributed by atoms with Crippen molar-refractivity contribution in [1.82, 2.24) is 5.43 Å². The molecule has 2 amide bonds. The Balaban J connectivity index is 1.90. The summed E-state index contributed by atoms with van der Waals surface area (Å²) in [5.41, 5.74) is 3.78. The molecule has 0 radical (unpaired) electrons. The number of nitrogens with one attached hydrogen (secondary N) is 2. The number of hydrogen-bond donors (Lipinski definition) is 2. The summed E-state index contributed by atoms with van der Waals surface area (Å²) in [5, 5.41) is 7.03. The summed E-state index contributed by atoms with van der Waals surface area (Å²) in [6.45, 7) is 0. The Morgan fingerprint density at radius 2 is 2.05 bits per heavy atom. The number of hydrogen-bond acceptors (Lipinski definition) is 3. The second-order valence-electron chi connectivity index (χ2n) is 4.11. The zero-order chi connectivity index (χ0) is 15.1. The van der Waals surface area contributed by atoms with Gasteiger partial charge in [-0.05, 0) is 35.9 Å². The highest BCUT2D eigenvalue weighted by atomic mass is 35.5. The van der Waals surface area contributed by atoms with E-state index in [1.165, 1.54) is 6.21 Å². The average Bonchev–Trinajstić information content (AvgIpc) is 2.47. The van der Waals surface area contributed by atoms with Crippen LogP contribution in [0.1, 0.15) is 5.56 Å². The van der Waals surface area contributed by atoms with E-state index in [0.717, 1.165) is 11.3 Å². The third kappa shape index (κ3) is 4.81. The standard InChI is InChI=1S/C15H14ClN3O2/c1-21-14-7-2-4-11(8-14)10-17-19-15(20)18-13-6-3-5-12(16)9-13/h2-10H,1H3,(H2,18,19,20)/b17-10+. The third-order valence-electron chi connectivity index (χ3n) is 2.56. The van der Waals surface area contributed by atoms with Gasteiger partial charge in [-0.25, -0.2) is 10.2 Å². The molecule has 108 valence electrons. The second-order valence-corrected chi connectivity index (χ2v) is 4.55. The van der Waals surface area contributed by atoms with E-state index < -0.39 is 6.03 Å². The first-order valence-corrected chi connectivity index (χ1v) is 6.55. The molecule has 0 unspecified atom stereocenters. The van der Waals surface area contributed by atoms with E-state index in [0.29, 0.717) is 10.7 Å². The van der Waals surface area contributed by atoms with Crippen LogP contribution in [0.15, 0.2) is 53.6 Å². The van der Waals surface area contributed by atoms with Crippen molar-refractivity contribution in [3.05, 3.63) is 59.1 Å². The summed E-state index contributed by atoms with van der Waals surface area (Å²) < 4.78 is 5.10. The molecule has 0 aliphatic heterocycles. The highest BCUT2D eigenvalue weighted by Crippen LogP contribution is 2.14. The number of benzene rings is 2. The van der Waals surface area contributed by atoms with E-state index in [2.05, 4.69) is 15.8 Å². The third-order valence-corrected chi connectivity index (χ3v) is 2.79. The van der Waals surface area contributed by atoms with Crippen molar-refractivity contribution in [2.75, 3.05) is 12.4 Å². The fourth-order valence-corrected chi connectivity index (χ4v) is 1.80. The van der Waals surface area contributed by atoms with Gasteiger partial charge in [-0.2, -0.15) is 5.10 Å². The van der Waals surface area contributed by atoms with Crippen LogP contribution in [-0.4, -0.2) is 19.4 Å². The lowest BCUT2D eigenvalue weighted by atomic mass is 10.2. The van der Waals surface area contributed by atoms with Crippen LogP contribution in [0, 0.1) is 0 Å². The van der Waals surface area contributed by atoms with Gasteiger partial charge in [0.15, 0.2) is 0 Å². The van der Waals surface area contributed by atoms with Crippen molar-refractivity contribution in [2.24, 2.45) is 5.10 Å². The molecular weight excluding hydrogens is 290 g/mol.